The standard InChI is InChI=1S/C19H23Cl2N3OS/c1-5-6-9-25-17-11(2)12(3)18(22-13(17)4)24-19(26)23-14-7-8-15(20)16(21)10-14/h7-8,10H,5-6,9H2,1-4H3,(H2,22,23,24,26). The number of hydrogen-bond acceptors (Lipinski definition) is 3. The number of halogens is 2. The van der Waals surface area contributed by atoms with Gasteiger partial charge in [0.05, 0.1) is 22.3 Å². The maximum Gasteiger partial charge on any atom is 0.176 e. The number of thiocarbonyl (C=S) groups is 1. The van der Waals surface area contributed by atoms with Crippen LogP contribution < -0.4 is 15.4 Å². The largest absolute Gasteiger partial charge is 0.491 e. The van der Waals surface area contributed by atoms with Crippen LogP contribution in [0.25, 0.3) is 0 Å². The summed E-state index contributed by atoms with van der Waals surface area (Å²) in [6.45, 7) is 8.81. The van der Waals surface area contributed by atoms with Gasteiger partial charge in [0, 0.05) is 5.69 Å². The van der Waals surface area contributed by atoms with Crippen LogP contribution in [0, 0.1) is 20.8 Å². The van der Waals surface area contributed by atoms with Crippen molar-refractivity contribution in [1.29, 1.82) is 0 Å². The third-order valence-corrected chi connectivity index (χ3v) is 4.96. The molecule has 2 aromatic rings. The molecule has 1 heterocycles. The zero-order valence-electron chi connectivity index (χ0n) is 15.4. The molecule has 0 saturated heterocycles. The summed E-state index contributed by atoms with van der Waals surface area (Å²) in [5.74, 6) is 1.56. The summed E-state index contributed by atoms with van der Waals surface area (Å²) < 4.78 is 5.90. The monoisotopic (exact) mass is 411 g/mol. The molecule has 0 fully saturated rings. The molecule has 0 amide bonds. The van der Waals surface area contributed by atoms with Crippen LogP contribution in [0.2, 0.25) is 10.0 Å². The molecule has 0 atom stereocenters. The van der Waals surface area contributed by atoms with E-state index < -0.39 is 0 Å². The second-order valence-corrected chi connectivity index (χ2v) is 7.26. The second-order valence-electron chi connectivity index (χ2n) is 6.03. The highest BCUT2D eigenvalue weighted by Gasteiger charge is 2.14. The van der Waals surface area contributed by atoms with Gasteiger partial charge in [-0.2, -0.15) is 0 Å². The van der Waals surface area contributed by atoms with Crippen LogP contribution in [-0.2, 0) is 0 Å². The molecule has 140 valence electrons. The van der Waals surface area contributed by atoms with E-state index in [2.05, 4.69) is 22.5 Å². The number of rotatable bonds is 6. The van der Waals surface area contributed by atoms with Crippen molar-refractivity contribution in [3.05, 3.63) is 45.1 Å². The van der Waals surface area contributed by atoms with E-state index in [0.29, 0.717) is 27.6 Å². The molecule has 0 bridgehead atoms. The first-order valence-electron chi connectivity index (χ1n) is 8.47. The minimum Gasteiger partial charge on any atom is -0.491 e. The van der Waals surface area contributed by atoms with Crippen molar-refractivity contribution in [1.82, 2.24) is 4.98 Å². The van der Waals surface area contributed by atoms with Crippen LogP contribution in [-0.4, -0.2) is 16.7 Å². The summed E-state index contributed by atoms with van der Waals surface area (Å²) in [6, 6.07) is 5.25. The lowest BCUT2D eigenvalue weighted by molar-refractivity contribution is 0.303. The summed E-state index contributed by atoms with van der Waals surface area (Å²) in [4.78, 5) is 4.61. The minimum absolute atomic E-state index is 0.428. The third-order valence-electron chi connectivity index (χ3n) is 4.02. The molecule has 0 aliphatic heterocycles. The number of aromatic nitrogens is 1. The van der Waals surface area contributed by atoms with Crippen molar-refractivity contribution in [2.75, 3.05) is 17.2 Å². The van der Waals surface area contributed by atoms with Crippen molar-refractivity contribution in [2.45, 2.75) is 40.5 Å². The molecule has 0 saturated carbocycles. The van der Waals surface area contributed by atoms with E-state index >= 15 is 0 Å². The SMILES string of the molecule is CCCCOc1c(C)nc(NC(=S)Nc2ccc(Cl)c(Cl)c2)c(C)c1C. The van der Waals surface area contributed by atoms with Gasteiger partial charge >= 0.3 is 0 Å². The summed E-state index contributed by atoms with van der Waals surface area (Å²) in [7, 11) is 0. The third kappa shape index (κ3) is 5.22. The van der Waals surface area contributed by atoms with Gasteiger partial charge in [-0.1, -0.05) is 36.5 Å². The molecule has 1 aromatic heterocycles. The Hall–Kier alpha value is -1.56. The van der Waals surface area contributed by atoms with E-state index in [9.17, 15) is 0 Å². The normalized spacial score (nSPS) is 10.5. The number of benzene rings is 1. The van der Waals surface area contributed by atoms with Crippen LogP contribution in [0.3, 0.4) is 0 Å². The maximum absolute atomic E-state index is 6.03. The van der Waals surface area contributed by atoms with Crippen LogP contribution >= 0.6 is 35.4 Å². The van der Waals surface area contributed by atoms with E-state index in [-0.39, 0.29) is 0 Å². The maximum atomic E-state index is 6.03. The Morgan fingerprint density at radius 3 is 2.50 bits per heavy atom. The lowest BCUT2D eigenvalue weighted by atomic mass is 10.1. The van der Waals surface area contributed by atoms with E-state index in [1.54, 1.807) is 12.1 Å². The fourth-order valence-electron chi connectivity index (χ4n) is 2.42. The predicted octanol–water partition coefficient (Wildman–Crippen LogP) is 6.30. The molecular weight excluding hydrogens is 389 g/mol. The Morgan fingerprint density at radius 1 is 1.12 bits per heavy atom. The van der Waals surface area contributed by atoms with Crippen LogP contribution in [0.1, 0.15) is 36.6 Å². The van der Waals surface area contributed by atoms with Gasteiger partial charge in [-0.3, -0.25) is 0 Å². The first kappa shape index (κ1) is 20.7. The fourth-order valence-corrected chi connectivity index (χ4v) is 2.93. The molecule has 0 unspecified atom stereocenters. The number of ether oxygens (including phenoxy) is 1. The molecule has 0 radical (unpaired) electrons. The van der Waals surface area contributed by atoms with Crippen LogP contribution in [0.4, 0.5) is 11.5 Å². The van der Waals surface area contributed by atoms with Gasteiger partial charge in [-0.15, -0.1) is 0 Å². The molecule has 4 nitrogen and oxygen atoms in total. The Morgan fingerprint density at radius 2 is 1.85 bits per heavy atom. The number of unbranched alkanes of at least 4 members (excludes halogenated alkanes) is 1. The molecule has 0 spiro atoms. The molecule has 2 N–H and O–H groups in total. The van der Waals surface area contributed by atoms with E-state index in [1.807, 2.05) is 26.8 Å². The summed E-state index contributed by atoms with van der Waals surface area (Å²) in [5.41, 5.74) is 3.65. The van der Waals surface area contributed by atoms with Crippen molar-refractivity contribution in [3.63, 3.8) is 0 Å². The smallest absolute Gasteiger partial charge is 0.176 e. The van der Waals surface area contributed by atoms with Gasteiger partial charge in [0.25, 0.3) is 0 Å². The number of nitrogens with one attached hydrogen (secondary N) is 2. The summed E-state index contributed by atoms with van der Waals surface area (Å²) in [5, 5.41) is 7.63. The highest BCUT2D eigenvalue weighted by molar-refractivity contribution is 7.80. The zero-order chi connectivity index (χ0) is 19.3. The van der Waals surface area contributed by atoms with Crippen molar-refractivity contribution >= 4 is 52.0 Å². The highest BCUT2D eigenvalue weighted by Crippen LogP contribution is 2.29. The Bertz CT molecular complexity index is 812. The number of aryl methyl sites for hydroxylation is 1. The average molecular weight is 412 g/mol. The van der Waals surface area contributed by atoms with E-state index in [1.165, 1.54) is 0 Å². The topological polar surface area (TPSA) is 46.2 Å². The molecule has 26 heavy (non-hydrogen) atoms. The van der Waals surface area contributed by atoms with Crippen molar-refractivity contribution in [2.24, 2.45) is 0 Å². The number of nitrogens with zero attached hydrogens (tertiary/aromatic N) is 1. The van der Waals surface area contributed by atoms with Crippen molar-refractivity contribution < 1.29 is 4.74 Å². The number of anilines is 2. The predicted molar refractivity (Wildman–Crippen MR) is 115 cm³/mol. The molecule has 0 aliphatic carbocycles. The first-order valence-corrected chi connectivity index (χ1v) is 9.63. The Kier molecular flexibility index (Phi) is 7.50. The molecular formula is C19H23Cl2N3OS. The van der Waals surface area contributed by atoms with E-state index in [0.717, 1.165) is 41.1 Å². The lowest BCUT2D eigenvalue weighted by Crippen LogP contribution is -2.21. The summed E-state index contributed by atoms with van der Waals surface area (Å²) >= 11 is 17.4. The van der Waals surface area contributed by atoms with Gasteiger partial charge in [0.15, 0.2) is 5.11 Å². The molecule has 2 rings (SSSR count). The number of hydrogen-bond donors (Lipinski definition) is 2. The van der Waals surface area contributed by atoms with Crippen molar-refractivity contribution in [3.8, 4) is 5.75 Å². The minimum atomic E-state index is 0.428. The van der Waals surface area contributed by atoms with Gasteiger partial charge in [-0.25, -0.2) is 4.98 Å². The van der Waals surface area contributed by atoms with Crippen LogP contribution in [0.15, 0.2) is 18.2 Å². The second kappa shape index (κ2) is 9.40. The van der Waals surface area contributed by atoms with E-state index in [4.69, 9.17) is 40.2 Å². The first-order chi connectivity index (χ1) is 12.3. The van der Waals surface area contributed by atoms with Gasteiger partial charge < -0.3 is 15.4 Å². The Balaban J connectivity index is 2.13. The quantitative estimate of drug-likeness (QED) is 0.431. The zero-order valence-corrected chi connectivity index (χ0v) is 17.7. The average Bonchev–Trinajstić information content (AvgIpc) is 2.59. The molecule has 1 aromatic carbocycles. The van der Waals surface area contributed by atoms with Gasteiger partial charge in [0.1, 0.15) is 11.6 Å². The van der Waals surface area contributed by atoms with Gasteiger partial charge in [0.2, 0.25) is 0 Å². The molecule has 0 aliphatic rings. The lowest BCUT2D eigenvalue weighted by Gasteiger charge is -2.18. The fraction of sp³-hybridized carbons (Fsp3) is 0.368. The highest BCUT2D eigenvalue weighted by atomic mass is 35.5. The van der Waals surface area contributed by atoms with Crippen LogP contribution in [0.5, 0.6) is 5.75 Å². The molecule has 7 heteroatoms. The Labute approximate surface area is 170 Å². The summed E-state index contributed by atoms with van der Waals surface area (Å²) in [6.07, 6.45) is 2.12. The van der Waals surface area contributed by atoms with Gasteiger partial charge in [-0.05, 0) is 68.7 Å². The number of pyridine rings is 1.